The number of benzene rings is 1. The number of amides is 1. The highest BCUT2D eigenvalue weighted by Crippen LogP contribution is 2.22. The van der Waals surface area contributed by atoms with Gasteiger partial charge in [-0.2, -0.15) is 0 Å². The molecule has 5 nitrogen and oxygen atoms in total. The topological polar surface area (TPSA) is 59.6 Å². The Morgan fingerprint density at radius 2 is 1.90 bits per heavy atom. The van der Waals surface area contributed by atoms with Gasteiger partial charge in [0.05, 0.1) is 14.2 Å². The third-order valence-corrected chi connectivity index (χ3v) is 3.83. The lowest BCUT2D eigenvalue weighted by Crippen LogP contribution is -2.47. The van der Waals surface area contributed by atoms with Gasteiger partial charge in [0.1, 0.15) is 11.5 Å². The fourth-order valence-electron chi connectivity index (χ4n) is 2.66. The Hall–Kier alpha value is -1.75. The molecule has 1 aromatic carbocycles. The van der Waals surface area contributed by atoms with E-state index in [0.29, 0.717) is 35.7 Å². The molecule has 1 aliphatic heterocycles. The molecule has 2 unspecified atom stereocenters. The van der Waals surface area contributed by atoms with E-state index in [0.717, 1.165) is 6.42 Å². The molecule has 2 atom stereocenters. The molecule has 2 rings (SSSR count). The molecule has 1 aliphatic rings. The first-order valence-electron chi connectivity index (χ1n) is 7.39. The minimum absolute atomic E-state index is 0.104. The Bertz CT molecular complexity index is 468. The summed E-state index contributed by atoms with van der Waals surface area (Å²) in [5.41, 5.74) is 0.551. The quantitative estimate of drug-likeness (QED) is 0.871. The Balaban J connectivity index is 1.96. The van der Waals surface area contributed by atoms with Crippen LogP contribution in [0.1, 0.15) is 36.5 Å². The lowest BCUT2D eigenvalue weighted by Gasteiger charge is -2.28. The molecule has 1 amide bonds. The molecule has 0 aromatic heterocycles. The molecule has 2 N–H and O–H groups in total. The number of carbonyl (C=O) groups is 1. The van der Waals surface area contributed by atoms with Gasteiger partial charge in [-0.1, -0.05) is 6.42 Å². The minimum Gasteiger partial charge on any atom is -0.497 e. The van der Waals surface area contributed by atoms with Gasteiger partial charge in [-0.25, -0.2) is 0 Å². The first kappa shape index (κ1) is 15.6. The number of nitrogens with one attached hydrogen (secondary N) is 2. The number of piperidine rings is 1. The smallest absolute Gasteiger partial charge is 0.251 e. The normalized spacial score (nSPS) is 21.7. The molecule has 21 heavy (non-hydrogen) atoms. The Morgan fingerprint density at radius 1 is 1.24 bits per heavy atom. The molecule has 0 radical (unpaired) electrons. The summed E-state index contributed by atoms with van der Waals surface area (Å²) >= 11 is 0. The third kappa shape index (κ3) is 4.36. The van der Waals surface area contributed by atoms with Crippen LogP contribution in [0.15, 0.2) is 18.2 Å². The van der Waals surface area contributed by atoms with E-state index < -0.39 is 0 Å². The second-order valence-corrected chi connectivity index (χ2v) is 5.51. The molecular formula is C16H24N2O3. The van der Waals surface area contributed by atoms with Gasteiger partial charge in [0.2, 0.25) is 0 Å². The molecule has 0 spiro atoms. The Morgan fingerprint density at radius 3 is 2.48 bits per heavy atom. The van der Waals surface area contributed by atoms with Gasteiger partial charge in [-0.15, -0.1) is 0 Å². The summed E-state index contributed by atoms with van der Waals surface area (Å²) in [6.07, 6.45) is 3.52. The van der Waals surface area contributed by atoms with Crippen molar-refractivity contribution >= 4 is 5.91 Å². The standard InChI is InChI=1S/C16H24N2O3/c1-11-5-4-6-13(18-11)10-17-16(19)12-7-14(20-2)9-15(8-12)21-3/h7-9,11,13,18H,4-6,10H2,1-3H3,(H,17,19). The van der Waals surface area contributed by atoms with E-state index >= 15 is 0 Å². The molecule has 1 fully saturated rings. The molecule has 0 bridgehead atoms. The highest BCUT2D eigenvalue weighted by Gasteiger charge is 2.18. The summed E-state index contributed by atoms with van der Waals surface area (Å²) in [6.45, 7) is 2.82. The van der Waals surface area contributed by atoms with Gasteiger partial charge in [0.25, 0.3) is 5.91 Å². The lowest BCUT2D eigenvalue weighted by molar-refractivity contribution is 0.0945. The summed E-state index contributed by atoms with van der Waals surface area (Å²) in [5.74, 6) is 1.13. The van der Waals surface area contributed by atoms with Crippen molar-refractivity contribution in [2.75, 3.05) is 20.8 Å². The molecular weight excluding hydrogens is 268 g/mol. The van der Waals surface area contributed by atoms with E-state index in [4.69, 9.17) is 9.47 Å². The van der Waals surface area contributed by atoms with Crippen molar-refractivity contribution < 1.29 is 14.3 Å². The van der Waals surface area contributed by atoms with Crippen LogP contribution in [0.2, 0.25) is 0 Å². The van der Waals surface area contributed by atoms with Crippen molar-refractivity contribution in [3.8, 4) is 11.5 Å². The van der Waals surface area contributed by atoms with Crippen molar-refractivity contribution in [2.45, 2.75) is 38.3 Å². The lowest BCUT2D eigenvalue weighted by atomic mass is 9.99. The van der Waals surface area contributed by atoms with Crippen LogP contribution in [-0.2, 0) is 0 Å². The molecule has 1 heterocycles. The molecule has 116 valence electrons. The number of hydrogen-bond donors (Lipinski definition) is 2. The zero-order chi connectivity index (χ0) is 15.2. The highest BCUT2D eigenvalue weighted by atomic mass is 16.5. The maximum absolute atomic E-state index is 12.3. The van der Waals surface area contributed by atoms with E-state index in [9.17, 15) is 4.79 Å². The Labute approximate surface area is 126 Å². The predicted octanol–water partition coefficient (Wildman–Crippen LogP) is 1.96. The predicted molar refractivity (Wildman–Crippen MR) is 82.1 cm³/mol. The first-order valence-corrected chi connectivity index (χ1v) is 7.39. The number of ether oxygens (including phenoxy) is 2. The molecule has 0 saturated carbocycles. The van der Waals surface area contributed by atoms with Crippen molar-refractivity contribution in [1.82, 2.24) is 10.6 Å². The first-order chi connectivity index (χ1) is 10.1. The van der Waals surface area contributed by atoms with E-state index in [1.165, 1.54) is 12.8 Å². The van der Waals surface area contributed by atoms with Gasteiger partial charge in [-0.05, 0) is 31.9 Å². The Kier molecular flexibility index (Phi) is 5.44. The molecule has 0 aliphatic carbocycles. The van der Waals surface area contributed by atoms with Crippen LogP contribution in [0, 0.1) is 0 Å². The summed E-state index contributed by atoms with van der Waals surface area (Å²) in [5, 5.41) is 6.48. The summed E-state index contributed by atoms with van der Waals surface area (Å²) in [6, 6.07) is 6.06. The number of carbonyl (C=O) groups excluding carboxylic acids is 1. The van der Waals surface area contributed by atoms with Crippen molar-refractivity contribution in [2.24, 2.45) is 0 Å². The maximum atomic E-state index is 12.3. The summed E-state index contributed by atoms with van der Waals surface area (Å²) in [7, 11) is 3.15. The van der Waals surface area contributed by atoms with E-state index in [2.05, 4.69) is 17.6 Å². The van der Waals surface area contributed by atoms with Gasteiger partial charge in [0, 0.05) is 30.3 Å². The van der Waals surface area contributed by atoms with Crippen LogP contribution in [0.25, 0.3) is 0 Å². The second kappa shape index (κ2) is 7.31. The number of methoxy groups -OCH3 is 2. The van der Waals surface area contributed by atoms with Crippen LogP contribution in [0.4, 0.5) is 0 Å². The average Bonchev–Trinajstić information content (AvgIpc) is 2.52. The second-order valence-electron chi connectivity index (χ2n) is 5.51. The van der Waals surface area contributed by atoms with Gasteiger partial charge >= 0.3 is 0 Å². The SMILES string of the molecule is COc1cc(OC)cc(C(=O)NCC2CCCC(C)N2)c1. The molecule has 1 aromatic rings. The maximum Gasteiger partial charge on any atom is 0.251 e. The largest absolute Gasteiger partial charge is 0.497 e. The fraction of sp³-hybridized carbons (Fsp3) is 0.562. The van der Waals surface area contributed by atoms with Gasteiger partial charge in [-0.3, -0.25) is 4.79 Å². The molecule has 5 heteroatoms. The van der Waals surface area contributed by atoms with Crippen molar-refractivity contribution in [1.29, 1.82) is 0 Å². The van der Waals surface area contributed by atoms with E-state index in [1.54, 1.807) is 32.4 Å². The van der Waals surface area contributed by atoms with Crippen LogP contribution in [-0.4, -0.2) is 38.8 Å². The molecule has 1 saturated heterocycles. The van der Waals surface area contributed by atoms with Gasteiger partial charge in [0.15, 0.2) is 0 Å². The zero-order valence-electron chi connectivity index (χ0n) is 12.9. The van der Waals surface area contributed by atoms with Crippen LogP contribution in [0.3, 0.4) is 0 Å². The average molecular weight is 292 g/mol. The highest BCUT2D eigenvalue weighted by molar-refractivity contribution is 5.95. The van der Waals surface area contributed by atoms with Crippen molar-refractivity contribution in [3.05, 3.63) is 23.8 Å². The van der Waals surface area contributed by atoms with Crippen LogP contribution >= 0.6 is 0 Å². The minimum atomic E-state index is -0.104. The number of rotatable bonds is 5. The van der Waals surface area contributed by atoms with Crippen LogP contribution < -0.4 is 20.1 Å². The van der Waals surface area contributed by atoms with Crippen LogP contribution in [0.5, 0.6) is 11.5 Å². The van der Waals surface area contributed by atoms with E-state index in [-0.39, 0.29) is 5.91 Å². The zero-order valence-corrected chi connectivity index (χ0v) is 12.9. The number of hydrogen-bond acceptors (Lipinski definition) is 4. The third-order valence-electron chi connectivity index (χ3n) is 3.83. The van der Waals surface area contributed by atoms with Crippen molar-refractivity contribution in [3.63, 3.8) is 0 Å². The monoisotopic (exact) mass is 292 g/mol. The van der Waals surface area contributed by atoms with E-state index in [1.807, 2.05) is 0 Å². The summed E-state index contributed by atoms with van der Waals surface area (Å²) in [4.78, 5) is 12.3. The van der Waals surface area contributed by atoms with Gasteiger partial charge < -0.3 is 20.1 Å². The summed E-state index contributed by atoms with van der Waals surface area (Å²) < 4.78 is 10.4. The fourth-order valence-corrected chi connectivity index (χ4v) is 2.66.